The molecule has 0 aliphatic heterocycles. The van der Waals surface area contributed by atoms with E-state index in [9.17, 15) is 13.2 Å². The molecule has 0 unspecified atom stereocenters. The first-order valence-corrected chi connectivity index (χ1v) is 5.82. The maximum absolute atomic E-state index is 12.6. The summed E-state index contributed by atoms with van der Waals surface area (Å²) in [5, 5.41) is 2.56. The molecule has 1 aromatic carbocycles. The highest BCUT2D eigenvalue weighted by atomic mass is 32.1. The Hall–Kier alpha value is -1.49. The van der Waals surface area contributed by atoms with Crippen molar-refractivity contribution in [1.82, 2.24) is 0 Å². The summed E-state index contributed by atoms with van der Waals surface area (Å²) in [7, 11) is 0. The maximum Gasteiger partial charge on any atom is 0.417 e. The predicted molar refractivity (Wildman–Crippen MR) is 60.1 cm³/mol. The van der Waals surface area contributed by atoms with Gasteiger partial charge in [0.05, 0.1) is 5.56 Å². The second-order valence-corrected chi connectivity index (χ2v) is 4.15. The van der Waals surface area contributed by atoms with Gasteiger partial charge >= 0.3 is 6.18 Å². The molecule has 2 aromatic rings. The molecular weight excluding hydrogens is 249 g/mol. The van der Waals surface area contributed by atoms with Crippen LogP contribution in [0.25, 0.3) is 0 Å². The minimum absolute atomic E-state index is 0.0671. The van der Waals surface area contributed by atoms with E-state index >= 15 is 0 Å². The number of benzene rings is 1. The van der Waals surface area contributed by atoms with Gasteiger partial charge in [-0.25, -0.2) is 0 Å². The molecule has 17 heavy (non-hydrogen) atoms. The smallest absolute Gasteiger partial charge is 0.417 e. The van der Waals surface area contributed by atoms with Crippen LogP contribution in [0.2, 0.25) is 0 Å². The summed E-state index contributed by atoms with van der Waals surface area (Å²) in [6, 6.07) is 8.78. The van der Waals surface area contributed by atoms with Crippen LogP contribution >= 0.6 is 11.3 Å². The number of para-hydroxylation sites is 1. The second-order valence-electron chi connectivity index (χ2n) is 3.41. The minimum Gasteiger partial charge on any atom is -0.489 e. The van der Waals surface area contributed by atoms with Gasteiger partial charge in [0.1, 0.15) is 12.4 Å². The Kier molecular flexibility index (Phi) is 3.38. The molecule has 0 amide bonds. The van der Waals surface area contributed by atoms with Crippen molar-refractivity contribution in [3.8, 4) is 5.75 Å². The fourth-order valence-electron chi connectivity index (χ4n) is 1.36. The summed E-state index contributed by atoms with van der Waals surface area (Å²) < 4.78 is 43.0. The summed E-state index contributed by atoms with van der Waals surface area (Å²) in [6.07, 6.45) is -4.31. The highest BCUT2D eigenvalue weighted by molar-refractivity contribution is 7.08. The van der Waals surface area contributed by atoms with Crippen LogP contribution in [0.5, 0.6) is 5.75 Å². The molecule has 0 spiro atoms. The number of thiophene rings is 1. The zero-order valence-corrected chi connectivity index (χ0v) is 9.52. The topological polar surface area (TPSA) is 9.23 Å². The van der Waals surface area contributed by atoms with Crippen molar-refractivity contribution in [2.75, 3.05) is 0 Å². The third-order valence-corrected chi connectivity index (χ3v) is 2.98. The average Bonchev–Trinajstić information content (AvgIpc) is 2.75. The van der Waals surface area contributed by atoms with Gasteiger partial charge in [-0.1, -0.05) is 18.2 Å². The lowest BCUT2D eigenvalue weighted by molar-refractivity contribution is -0.138. The highest BCUT2D eigenvalue weighted by Crippen LogP contribution is 2.34. The molecule has 1 aromatic heterocycles. The lowest BCUT2D eigenvalue weighted by Crippen LogP contribution is -2.08. The number of rotatable bonds is 3. The van der Waals surface area contributed by atoms with Crippen molar-refractivity contribution < 1.29 is 17.9 Å². The molecular formula is C12H9F3OS. The highest BCUT2D eigenvalue weighted by Gasteiger charge is 2.34. The molecule has 5 heteroatoms. The molecule has 1 heterocycles. The molecule has 0 fully saturated rings. The fourth-order valence-corrected chi connectivity index (χ4v) is 2.21. The Labute approximate surface area is 100 Å². The largest absolute Gasteiger partial charge is 0.489 e. The Morgan fingerprint density at radius 3 is 2.41 bits per heavy atom. The molecule has 0 atom stereocenters. The van der Waals surface area contributed by atoms with Crippen LogP contribution in [0.15, 0.2) is 41.1 Å². The summed E-state index contributed by atoms with van der Waals surface area (Å²) in [5.74, 6) is 0.562. The molecule has 0 bridgehead atoms. The average molecular weight is 258 g/mol. The van der Waals surface area contributed by atoms with Crippen LogP contribution in [-0.2, 0) is 12.8 Å². The summed E-state index contributed by atoms with van der Waals surface area (Å²) in [5.41, 5.74) is -0.440. The van der Waals surface area contributed by atoms with Gasteiger partial charge < -0.3 is 4.74 Å². The molecule has 0 radical (unpaired) electrons. The van der Waals surface area contributed by atoms with Crippen LogP contribution in [0.1, 0.15) is 11.1 Å². The van der Waals surface area contributed by atoms with Crippen LogP contribution in [0.4, 0.5) is 13.2 Å². The summed E-state index contributed by atoms with van der Waals surface area (Å²) in [4.78, 5) is 0. The van der Waals surface area contributed by atoms with Crippen LogP contribution in [-0.4, -0.2) is 0 Å². The first-order valence-electron chi connectivity index (χ1n) is 4.87. The van der Waals surface area contributed by atoms with Crippen LogP contribution in [0.3, 0.4) is 0 Å². The SMILES string of the molecule is FC(F)(F)c1cscc1COc1ccccc1. The van der Waals surface area contributed by atoms with E-state index < -0.39 is 11.7 Å². The van der Waals surface area contributed by atoms with E-state index in [0.29, 0.717) is 5.75 Å². The number of ether oxygens (including phenoxy) is 1. The summed E-state index contributed by atoms with van der Waals surface area (Å²) >= 11 is 1.03. The van der Waals surface area contributed by atoms with E-state index in [-0.39, 0.29) is 12.2 Å². The van der Waals surface area contributed by atoms with Gasteiger partial charge in [-0.2, -0.15) is 24.5 Å². The van der Waals surface area contributed by atoms with Gasteiger partial charge in [-0.3, -0.25) is 0 Å². The third kappa shape index (κ3) is 3.00. The first kappa shape index (κ1) is 12.0. The van der Waals surface area contributed by atoms with Crippen molar-refractivity contribution in [3.05, 3.63) is 52.2 Å². The molecule has 0 saturated carbocycles. The van der Waals surface area contributed by atoms with Gasteiger partial charge in [0.25, 0.3) is 0 Å². The Bertz CT molecular complexity index is 476. The number of alkyl halides is 3. The minimum atomic E-state index is -4.31. The fraction of sp³-hybridized carbons (Fsp3) is 0.167. The van der Waals surface area contributed by atoms with Crippen molar-refractivity contribution in [2.24, 2.45) is 0 Å². The van der Waals surface area contributed by atoms with Crippen molar-refractivity contribution in [3.63, 3.8) is 0 Å². The van der Waals surface area contributed by atoms with Crippen molar-refractivity contribution in [2.45, 2.75) is 12.8 Å². The number of hydrogen-bond donors (Lipinski definition) is 0. The maximum atomic E-state index is 12.6. The van der Waals surface area contributed by atoms with Gasteiger partial charge in [-0.05, 0) is 17.5 Å². The molecule has 0 N–H and O–H groups in total. The normalized spacial score (nSPS) is 11.5. The van der Waals surface area contributed by atoms with E-state index in [2.05, 4.69) is 0 Å². The van der Waals surface area contributed by atoms with E-state index in [4.69, 9.17) is 4.74 Å². The molecule has 2 rings (SSSR count). The zero-order chi connectivity index (χ0) is 12.3. The molecule has 0 aliphatic carbocycles. The molecule has 0 saturated heterocycles. The van der Waals surface area contributed by atoms with Crippen molar-refractivity contribution in [1.29, 1.82) is 0 Å². The Morgan fingerprint density at radius 1 is 1.06 bits per heavy atom. The van der Waals surface area contributed by atoms with Gasteiger partial charge in [0.15, 0.2) is 0 Å². The Balaban J connectivity index is 2.08. The molecule has 1 nitrogen and oxygen atoms in total. The van der Waals surface area contributed by atoms with E-state index in [1.165, 1.54) is 5.38 Å². The summed E-state index contributed by atoms with van der Waals surface area (Å²) in [6.45, 7) is -0.0671. The zero-order valence-electron chi connectivity index (χ0n) is 8.70. The standard InChI is InChI=1S/C12H9F3OS/c13-12(14,15)11-8-17-7-9(11)6-16-10-4-2-1-3-5-10/h1-5,7-8H,6H2. The second kappa shape index (κ2) is 4.79. The predicted octanol–water partition coefficient (Wildman–Crippen LogP) is 4.35. The number of halogens is 3. The van der Waals surface area contributed by atoms with Crippen LogP contribution < -0.4 is 4.74 Å². The first-order chi connectivity index (χ1) is 8.07. The lowest BCUT2D eigenvalue weighted by Gasteiger charge is -2.09. The monoisotopic (exact) mass is 258 g/mol. The molecule has 0 aliphatic rings. The quantitative estimate of drug-likeness (QED) is 0.795. The van der Waals surface area contributed by atoms with Gasteiger partial charge in [0, 0.05) is 10.9 Å². The van der Waals surface area contributed by atoms with E-state index in [0.717, 1.165) is 16.7 Å². The van der Waals surface area contributed by atoms with Gasteiger partial charge in [0.2, 0.25) is 0 Å². The number of hydrogen-bond acceptors (Lipinski definition) is 2. The van der Waals surface area contributed by atoms with Crippen molar-refractivity contribution >= 4 is 11.3 Å². The lowest BCUT2D eigenvalue weighted by atomic mass is 10.2. The van der Waals surface area contributed by atoms with E-state index in [1.807, 2.05) is 6.07 Å². The Morgan fingerprint density at radius 2 is 1.76 bits per heavy atom. The van der Waals surface area contributed by atoms with Gasteiger partial charge in [-0.15, -0.1) is 0 Å². The third-order valence-electron chi connectivity index (χ3n) is 2.19. The molecule has 90 valence electrons. The van der Waals surface area contributed by atoms with E-state index in [1.54, 1.807) is 24.3 Å². The van der Waals surface area contributed by atoms with Crippen LogP contribution in [0, 0.1) is 0 Å².